The third kappa shape index (κ3) is 21.3. The summed E-state index contributed by atoms with van der Waals surface area (Å²) in [6.45, 7) is -4.71. The van der Waals surface area contributed by atoms with Gasteiger partial charge in [-0.2, -0.15) is 0 Å². The number of hydrogen-bond donors (Lipinski definition) is 30. The van der Waals surface area contributed by atoms with Crippen LogP contribution in [0, 0.1) is 0 Å². The highest BCUT2D eigenvalue weighted by atomic mass is 16.8. The van der Waals surface area contributed by atoms with Crippen molar-refractivity contribution in [1.82, 2.24) is 26.6 Å². The normalized spacial score (nSPS) is 44.6. The van der Waals surface area contributed by atoms with Crippen LogP contribution in [0.5, 0.6) is 0 Å². The Morgan fingerprint density at radius 1 is 0.353 bits per heavy atom. The minimum absolute atomic E-state index is 0.859. The minimum Gasteiger partial charge on any atom is -0.477 e. The van der Waals surface area contributed by atoms with E-state index in [0.717, 1.165) is 34.6 Å². The number of carbonyl (C=O) groups excluding carboxylic acids is 5. The van der Waals surface area contributed by atoms with E-state index in [0.29, 0.717) is 0 Å². The van der Waals surface area contributed by atoms with E-state index in [1.54, 1.807) is 0 Å². The Hall–Kier alpha value is -5.23. The highest BCUT2D eigenvalue weighted by Gasteiger charge is 2.64. The van der Waals surface area contributed by atoms with Crippen molar-refractivity contribution in [2.45, 2.75) is 304 Å². The second kappa shape index (κ2) is 41.1. The van der Waals surface area contributed by atoms with Gasteiger partial charge in [0.25, 0.3) is 11.6 Å². The van der Waals surface area contributed by atoms with Crippen molar-refractivity contribution in [3.05, 3.63) is 0 Å². The Balaban J connectivity index is 1.01. The van der Waals surface area contributed by atoms with E-state index in [9.17, 15) is 161 Å². The zero-order chi connectivity index (χ0) is 86.3. The summed E-state index contributed by atoms with van der Waals surface area (Å²) in [6, 6.07) is -9.28. The largest absolute Gasteiger partial charge is 0.477 e. The molecule has 8 heterocycles. The molecule has 0 radical (unpaired) electrons. The molecule has 8 saturated heterocycles. The number of amides is 5. The first-order valence-corrected chi connectivity index (χ1v) is 36.4. The molecule has 30 N–H and O–H groups in total. The number of aliphatic hydroxyl groups is 23. The average Bonchev–Trinajstić information content (AvgIpc) is 0.754. The van der Waals surface area contributed by atoms with Gasteiger partial charge >= 0.3 is 11.9 Å². The summed E-state index contributed by atoms with van der Waals surface area (Å²) >= 11 is 0. The molecule has 0 aromatic carbocycles. The summed E-state index contributed by atoms with van der Waals surface area (Å²) in [5, 5.41) is 288. The van der Waals surface area contributed by atoms with E-state index in [1.807, 2.05) is 0 Å². The Bertz CT molecular complexity index is 3240. The predicted octanol–water partition coefficient (Wildman–Crippen LogP) is -19.3. The molecule has 52 nitrogen and oxygen atoms in total. The highest BCUT2D eigenvalue weighted by molar-refractivity contribution is 5.78. The van der Waals surface area contributed by atoms with Gasteiger partial charge in [-0.25, -0.2) is 9.59 Å². The van der Waals surface area contributed by atoms with Gasteiger partial charge in [-0.1, -0.05) is 0 Å². The summed E-state index contributed by atoms with van der Waals surface area (Å²) in [5.41, 5.74) is 0. The molecule has 5 amide bonds. The molecule has 8 fully saturated rings. The highest BCUT2D eigenvalue weighted by Crippen LogP contribution is 2.43. The molecule has 116 heavy (non-hydrogen) atoms. The van der Waals surface area contributed by atoms with Gasteiger partial charge in [0, 0.05) is 47.5 Å². The van der Waals surface area contributed by atoms with Crippen LogP contribution in [0.25, 0.3) is 0 Å². The molecule has 8 rings (SSSR count). The molecule has 0 aromatic heterocycles. The molecule has 0 saturated carbocycles. The maximum atomic E-state index is 13.2. The van der Waals surface area contributed by atoms with Crippen LogP contribution < -0.4 is 26.6 Å². The fraction of sp³-hybridized carbons (Fsp3) is 0.891. The minimum atomic E-state index is -3.30. The molecular weight excluding hydrogens is 1590 g/mol. The summed E-state index contributed by atoms with van der Waals surface area (Å²) in [7, 11) is 0. The van der Waals surface area contributed by atoms with Crippen molar-refractivity contribution in [2.24, 2.45) is 0 Å². The van der Waals surface area contributed by atoms with Crippen LogP contribution in [-0.2, 0) is 105 Å². The maximum absolute atomic E-state index is 13.2. The van der Waals surface area contributed by atoms with Crippen molar-refractivity contribution >= 4 is 41.5 Å². The van der Waals surface area contributed by atoms with Crippen molar-refractivity contribution in [3.8, 4) is 0 Å². The molecule has 668 valence electrons. The van der Waals surface area contributed by atoms with Crippen LogP contribution in [0.1, 0.15) is 47.5 Å². The lowest BCUT2D eigenvalue weighted by atomic mass is 9.88. The predicted molar refractivity (Wildman–Crippen MR) is 357 cm³/mol. The topological polar surface area (TPSA) is 824 Å². The SMILES string of the molecule is CC(=O)N[C@@H]1[C@@H](O[C@@H]2O[C@H](CO)[C@H](O)[C@H](O[C@@H]3O[C@H](CO)[C@@H](O)[C@H](O[C@@H]4O[C@H](CO)[C@H](O)[C@H](O[C@]5(C(=O)O)C[C@H](O)[C@@H](NC(C)=O)[C@H]([C@H](O)[C@H](O)CO)O5)[C@H]4O)[C@H]3NC(C)=O)[C@H]2O)[C@@H](O)[C@@H](CO[C@@H]2O[C@H](CO)[C@@H](O[C@@H]3O[C@H](CO)[C@H](O)[C@H](O[C@]4(C(=O)O)C[C@H](O)[C@@H](NC(C)=O)[C@H]([C@H](O)[C@H](O)CO)O4)[C@H]3O)[C@H](O)[C@H]2NC(C)=O)O[C@@H]1O. The lowest BCUT2D eigenvalue weighted by molar-refractivity contribution is -0.388. The number of carbonyl (C=O) groups is 7. The second-order valence-corrected chi connectivity index (χ2v) is 28.9. The number of aliphatic hydroxyl groups excluding tert-OH is 23. The Morgan fingerprint density at radius 2 is 0.664 bits per heavy atom. The van der Waals surface area contributed by atoms with Gasteiger partial charge in [0.15, 0.2) is 37.7 Å². The number of ether oxygens (including phenoxy) is 15. The van der Waals surface area contributed by atoms with Crippen molar-refractivity contribution < 1.29 is 232 Å². The van der Waals surface area contributed by atoms with E-state index < -0.39 is 364 Å². The van der Waals surface area contributed by atoms with Crippen LogP contribution in [0.15, 0.2) is 0 Å². The summed E-state index contributed by atoms with van der Waals surface area (Å²) in [4.78, 5) is 89.5. The van der Waals surface area contributed by atoms with Crippen LogP contribution in [0.3, 0.4) is 0 Å². The number of aliphatic carboxylic acids is 2. The number of carboxylic acid groups (broad SMARTS) is 2. The summed E-state index contributed by atoms with van der Waals surface area (Å²) in [6.07, 6.45) is -79.1. The maximum Gasteiger partial charge on any atom is 0.364 e. The van der Waals surface area contributed by atoms with Gasteiger partial charge in [-0.05, 0) is 0 Å². The van der Waals surface area contributed by atoms with Crippen LogP contribution in [0.2, 0.25) is 0 Å². The van der Waals surface area contributed by atoms with E-state index in [2.05, 4.69) is 26.6 Å². The molecular formula is C64H105N5O47. The zero-order valence-electron chi connectivity index (χ0n) is 62.3. The van der Waals surface area contributed by atoms with Gasteiger partial charge in [-0.3, -0.25) is 24.0 Å². The van der Waals surface area contributed by atoms with Crippen LogP contribution in [-0.4, -0.2) is 479 Å². The third-order valence-corrected chi connectivity index (χ3v) is 20.6. The first-order valence-electron chi connectivity index (χ1n) is 36.4. The molecule has 0 aliphatic carbocycles. The van der Waals surface area contributed by atoms with Gasteiger partial charge < -0.3 is 225 Å². The summed E-state index contributed by atoms with van der Waals surface area (Å²) in [5.74, 6) is -15.5. The number of hydrogen-bond acceptors (Lipinski definition) is 45. The van der Waals surface area contributed by atoms with Crippen LogP contribution >= 0.6 is 0 Å². The number of nitrogens with one attached hydrogen (secondary N) is 5. The standard InChI is InChI=1S/C64H105N5O47/c1-16(77)65-31-21(82)6-63(61(98)99,113-50(31)36(86)23(84)8-70)115-53-40(90)27(12-74)106-59(45(53)95)109-47-29(14-76)108-56(33(43(47)93)67-18(3)79)102-15-30-42(92)48(34(55(97)103-30)68-19(4)80)110-58-44(94)52(39(89)26(11-73)105-58)112-57-35(69-20(5)81)49(38(88)25(10-72)104-57)111-60-46(96)54(41(91)28(13-75)107-60)116-64(62(100)101)7-22(83)32(66-17(2)78)51(114-64)37(87)24(85)9-71/h21-60,70-76,82-97H,6-15H2,1-5H3,(H,65,77)(H,66,78)(H,67,79)(H,68,80)(H,69,81)(H,98,99)(H,100,101)/t21-,22-,23+,24+,25+,26+,27+,28+,29+,30+,31+,32+,33+,34+,35+,36+,37+,38+,39-,40-,41-,42-,43+,44+,45+,46+,47+,48+,49+,50+,51+,52-,53-,54-,55-,56+,57-,58-,59-,60-,63-,64-/m0/s1. The van der Waals surface area contributed by atoms with E-state index in [-0.39, 0.29) is 0 Å². The molecule has 0 spiro atoms. The van der Waals surface area contributed by atoms with Crippen molar-refractivity contribution in [3.63, 3.8) is 0 Å². The van der Waals surface area contributed by atoms with Gasteiger partial charge in [-0.15, -0.1) is 0 Å². The monoisotopic (exact) mass is 1700 g/mol. The number of carboxylic acids is 2. The molecule has 52 heteroatoms. The fourth-order valence-corrected chi connectivity index (χ4v) is 14.8. The first-order chi connectivity index (χ1) is 54.5. The van der Waals surface area contributed by atoms with Crippen LogP contribution in [0.4, 0.5) is 0 Å². The van der Waals surface area contributed by atoms with E-state index >= 15 is 0 Å². The zero-order valence-corrected chi connectivity index (χ0v) is 62.3. The third-order valence-electron chi connectivity index (χ3n) is 20.6. The molecule has 0 unspecified atom stereocenters. The molecule has 42 atom stereocenters. The van der Waals surface area contributed by atoms with Crippen molar-refractivity contribution in [1.29, 1.82) is 0 Å². The van der Waals surface area contributed by atoms with Gasteiger partial charge in [0.2, 0.25) is 29.5 Å². The molecule has 0 aromatic rings. The first kappa shape index (κ1) is 96.2. The quantitative estimate of drug-likeness (QED) is 0.0290. The molecule has 8 aliphatic rings. The lowest BCUT2D eigenvalue weighted by Crippen LogP contribution is -2.71. The molecule has 8 aliphatic heterocycles. The molecule has 0 bridgehead atoms. The fourth-order valence-electron chi connectivity index (χ4n) is 14.8. The van der Waals surface area contributed by atoms with E-state index in [4.69, 9.17) is 71.1 Å². The second-order valence-electron chi connectivity index (χ2n) is 28.9. The van der Waals surface area contributed by atoms with Gasteiger partial charge in [0.1, 0.15) is 183 Å². The summed E-state index contributed by atoms with van der Waals surface area (Å²) < 4.78 is 87.3. The average molecular weight is 1700 g/mol. The number of rotatable bonds is 33. The Kier molecular flexibility index (Phi) is 34.1. The van der Waals surface area contributed by atoms with Gasteiger partial charge in [0.05, 0.1) is 77.1 Å². The lowest BCUT2D eigenvalue weighted by Gasteiger charge is -2.51. The Labute approximate surface area is 655 Å². The van der Waals surface area contributed by atoms with E-state index in [1.165, 1.54) is 0 Å². The van der Waals surface area contributed by atoms with Crippen molar-refractivity contribution in [2.75, 3.05) is 52.9 Å². The smallest absolute Gasteiger partial charge is 0.364 e. The Morgan fingerprint density at radius 3 is 1.04 bits per heavy atom.